The molecule has 0 spiro atoms. The van der Waals surface area contributed by atoms with Gasteiger partial charge in [-0.05, 0) is 44.2 Å². The minimum Gasteiger partial charge on any atom is -0.342 e. The van der Waals surface area contributed by atoms with Crippen molar-refractivity contribution < 1.29 is 9.59 Å². The van der Waals surface area contributed by atoms with Crippen LogP contribution >= 0.6 is 15.9 Å². The summed E-state index contributed by atoms with van der Waals surface area (Å²) in [6, 6.07) is 15.6. The Morgan fingerprint density at radius 2 is 1.93 bits per heavy atom. The van der Waals surface area contributed by atoms with Gasteiger partial charge in [-0.25, -0.2) is 4.98 Å². The number of para-hydroxylation sites is 2. The quantitative estimate of drug-likeness (QED) is 0.544. The first-order valence-corrected chi connectivity index (χ1v) is 11.1. The minimum absolute atomic E-state index is 0.0617. The molecule has 156 valence electrons. The van der Waals surface area contributed by atoms with Gasteiger partial charge < -0.3 is 14.4 Å². The number of carbonyl (C=O) groups is 2. The topological polar surface area (TPSA) is 58.4 Å². The zero-order valence-corrected chi connectivity index (χ0v) is 18.8. The maximum Gasteiger partial charge on any atom is 0.242 e. The van der Waals surface area contributed by atoms with Crippen molar-refractivity contribution in [1.82, 2.24) is 14.5 Å². The van der Waals surface area contributed by atoms with Gasteiger partial charge in [0.2, 0.25) is 11.8 Å². The summed E-state index contributed by atoms with van der Waals surface area (Å²) < 4.78 is 2.94. The van der Waals surface area contributed by atoms with Crippen LogP contribution < -0.4 is 4.90 Å². The van der Waals surface area contributed by atoms with Crippen LogP contribution in [0, 0.1) is 0 Å². The molecule has 2 aromatic carbocycles. The van der Waals surface area contributed by atoms with E-state index in [2.05, 4.69) is 15.9 Å². The molecule has 0 N–H and O–H groups in total. The van der Waals surface area contributed by atoms with Gasteiger partial charge in [-0.3, -0.25) is 9.59 Å². The molecule has 1 atom stereocenters. The molecule has 2 amide bonds. The van der Waals surface area contributed by atoms with E-state index in [-0.39, 0.29) is 24.3 Å². The zero-order valence-electron chi connectivity index (χ0n) is 17.2. The molecule has 1 aromatic heterocycles. The highest BCUT2D eigenvalue weighted by atomic mass is 79.9. The van der Waals surface area contributed by atoms with E-state index >= 15 is 0 Å². The lowest BCUT2D eigenvalue weighted by Crippen LogP contribution is -2.34. The van der Waals surface area contributed by atoms with Crippen molar-refractivity contribution in [3.05, 3.63) is 58.8 Å². The summed E-state index contributed by atoms with van der Waals surface area (Å²) in [5.74, 6) is 0.889. The molecule has 30 heavy (non-hydrogen) atoms. The Labute approximate surface area is 184 Å². The lowest BCUT2D eigenvalue weighted by molar-refractivity contribution is -0.131. The monoisotopic (exact) mass is 468 g/mol. The minimum atomic E-state index is -0.0617. The first kappa shape index (κ1) is 20.6. The fourth-order valence-electron chi connectivity index (χ4n) is 4.16. The van der Waals surface area contributed by atoms with Gasteiger partial charge in [-0.15, -0.1) is 0 Å². The third-order valence-electron chi connectivity index (χ3n) is 5.70. The fraction of sp³-hybridized carbons (Fsp3) is 0.348. The molecule has 1 unspecified atom stereocenters. The average molecular weight is 469 g/mol. The van der Waals surface area contributed by atoms with Crippen molar-refractivity contribution in [3.63, 3.8) is 0 Å². The summed E-state index contributed by atoms with van der Waals surface area (Å²) >= 11 is 3.48. The van der Waals surface area contributed by atoms with Crippen molar-refractivity contribution in [2.24, 2.45) is 0 Å². The van der Waals surface area contributed by atoms with E-state index in [1.807, 2.05) is 76.7 Å². The van der Waals surface area contributed by atoms with Crippen LogP contribution in [-0.4, -0.2) is 45.9 Å². The molecule has 2 heterocycles. The molecule has 6 nitrogen and oxygen atoms in total. The van der Waals surface area contributed by atoms with Gasteiger partial charge in [0, 0.05) is 42.1 Å². The van der Waals surface area contributed by atoms with Crippen LogP contribution in [0.15, 0.2) is 53.0 Å². The standard InChI is InChI=1S/C23H25BrN4O2/c1-3-26(4-2)22(30)15-28-20-11-6-5-10-19(20)25-23(28)16-12-21(29)27(14-16)18-9-7-8-17(24)13-18/h5-11,13,16H,3-4,12,14-15H2,1-2H3. The van der Waals surface area contributed by atoms with Crippen molar-refractivity contribution in [3.8, 4) is 0 Å². The van der Waals surface area contributed by atoms with E-state index in [1.165, 1.54) is 0 Å². The number of hydrogen-bond acceptors (Lipinski definition) is 3. The summed E-state index contributed by atoms with van der Waals surface area (Å²) in [6.45, 7) is 6.11. The van der Waals surface area contributed by atoms with Gasteiger partial charge in [-0.1, -0.05) is 34.1 Å². The molecule has 1 fully saturated rings. The Kier molecular flexibility index (Phi) is 5.90. The SMILES string of the molecule is CCN(CC)C(=O)Cn1c(C2CC(=O)N(c3cccc(Br)c3)C2)nc2ccccc21. The van der Waals surface area contributed by atoms with E-state index in [4.69, 9.17) is 4.98 Å². The number of likely N-dealkylation sites (N-methyl/N-ethyl adjacent to an activating group) is 1. The molecular formula is C23H25BrN4O2. The van der Waals surface area contributed by atoms with Gasteiger partial charge in [0.15, 0.2) is 0 Å². The fourth-order valence-corrected chi connectivity index (χ4v) is 4.54. The Bertz CT molecular complexity index is 1090. The Balaban J connectivity index is 1.69. The summed E-state index contributed by atoms with van der Waals surface area (Å²) in [7, 11) is 0. The second-order valence-electron chi connectivity index (χ2n) is 7.50. The lowest BCUT2D eigenvalue weighted by atomic mass is 10.1. The number of rotatable bonds is 6. The van der Waals surface area contributed by atoms with Crippen molar-refractivity contribution in [2.75, 3.05) is 24.5 Å². The molecular weight excluding hydrogens is 444 g/mol. The maximum atomic E-state index is 12.9. The van der Waals surface area contributed by atoms with Crippen LogP contribution in [0.5, 0.6) is 0 Å². The second-order valence-corrected chi connectivity index (χ2v) is 8.41. The highest BCUT2D eigenvalue weighted by Crippen LogP contribution is 2.34. The number of nitrogens with zero attached hydrogens (tertiary/aromatic N) is 4. The zero-order chi connectivity index (χ0) is 21.3. The van der Waals surface area contributed by atoms with E-state index in [0.717, 1.165) is 27.0 Å². The van der Waals surface area contributed by atoms with Gasteiger partial charge >= 0.3 is 0 Å². The highest BCUT2D eigenvalue weighted by Gasteiger charge is 2.35. The third-order valence-corrected chi connectivity index (χ3v) is 6.20. The van der Waals surface area contributed by atoms with Crippen LogP contribution in [0.4, 0.5) is 5.69 Å². The largest absolute Gasteiger partial charge is 0.342 e. The second kappa shape index (κ2) is 8.60. The molecule has 0 bridgehead atoms. The average Bonchev–Trinajstić information content (AvgIpc) is 3.30. The summed E-state index contributed by atoms with van der Waals surface area (Å²) in [6.07, 6.45) is 0.384. The Morgan fingerprint density at radius 1 is 1.17 bits per heavy atom. The van der Waals surface area contributed by atoms with Crippen molar-refractivity contribution >= 4 is 44.5 Å². The molecule has 1 aliphatic rings. The Hall–Kier alpha value is -2.67. The number of halogens is 1. The number of benzene rings is 2. The predicted molar refractivity (Wildman–Crippen MR) is 122 cm³/mol. The molecule has 7 heteroatoms. The first-order chi connectivity index (χ1) is 14.5. The van der Waals surface area contributed by atoms with Crippen molar-refractivity contribution in [1.29, 1.82) is 0 Å². The van der Waals surface area contributed by atoms with Gasteiger partial charge in [0.25, 0.3) is 0 Å². The van der Waals surface area contributed by atoms with E-state index < -0.39 is 0 Å². The number of hydrogen-bond donors (Lipinski definition) is 0. The van der Waals surface area contributed by atoms with E-state index in [0.29, 0.717) is 26.1 Å². The molecule has 3 aromatic rings. The summed E-state index contributed by atoms with van der Waals surface area (Å²) in [4.78, 5) is 34.2. The van der Waals surface area contributed by atoms with E-state index in [1.54, 1.807) is 0 Å². The maximum absolute atomic E-state index is 12.9. The van der Waals surface area contributed by atoms with Crippen LogP contribution in [0.1, 0.15) is 32.0 Å². The normalized spacial score (nSPS) is 16.4. The van der Waals surface area contributed by atoms with Gasteiger partial charge in [0.1, 0.15) is 12.4 Å². The number of anilines is 1. The van der Waals surface area contributed by atoms with Crippen LogP contribution in [0.3, 0.4) is 0 Å². The molecule has 0 aliphatic carbocycles. The number of fused-ring (bicyclic) bond motifs is 1. The Morgan fingerprint density at radius 3 is 2.67 bits per heavy atom. The number of carbonyl (C=O) groups excluding carboxylic acids is 2. The number of imidazole rings is 1. The molecule has 0 saturated carbocycles. The van der Waals surface area contributed by atoms with Crippen LogP contribution in [0.2, 0.25) is 0 Å². The third kappa shape index (κ3) is 3.86. The first-order valence-electron chi connectivity index (χ1n) is 10.3. The number of aromatic nitrogens is 2. The molecule has 1 aliphatic heterocycles. The van der Waals surface area contributed by atoms with Gasteiger partial charge in [-0.2, -0.15) is 0 Å². The predicted octanol–water partition coefficient (Wildman–Crippen LogP) is 4.19. The molecule has 0 radical (unpaired) electrons. The number of amides is 2. The van der Waals surface area contributed by atoms with Crippen LogP contribution in [0.25, 0.3) is 11.0 Å². The highest BCUT2D eigenvalue weighted by molar-refractivity contribution is 9.10. The smallest absolute Gasteiger partial charge is 0.242 e. The lowest BCUT2D eigenvalue weighted by Gasteiger charge is -2.21. The van der Waals surface area contributed by atoms with Crippen LogP contribution in [-0.2, 0) is 16.1 Å². The molecule has 1 saturated heterocycles. The van der Waals surface area contributed by atoms with E-state index in [9.17, 15) is 9.59 Å². The van der Waals surface area contributed by atoms with Gasteiger partial charge in [0.05, 0.1) is 11.0 Å². The summed E-state index contributed by atoms with van der Waals surface area (Å²) in [5.41, 5.74) is 2.66. The summed E-state index contributed by atoms with van der Waals surface area (Å²) in [5, 5.41) is 0. The van der Waals surface area contributed by atoms with Crippen molar-refractivity contribution in [2.45, 2.75) is 32.7 Å². The molecule has 4 rings (SSSR count).